The summed E-state index contributed by atoms with van der Waals surface area (Å²) in [5, 5.41) is 12.6. The second kappa shape index (κ2) is 11.1. The Bertz CT molecular complexity index is 991. The molecule has 1 aromatic carbocycles. The van der Waals surface area contributed by atoms with Gasteiger partial charge in [0.1, 0.15) is 0 Å². The molecule has 0 saturated heterocycles. The molecule has 0 fully saturated rings. The van der Waals surface area contributed by atoms with Gasteiger partial charge < -0.3 is 21.8 Å². The maximum atomic E-state index is 12.4. The van der Waals surface area contributed by atoms with E-state index in [1.807, 2.05) is 38.1 Å². The molecule has 3 N–H and O–H groups in total. The fourth-order valence-corrected chi connectivity index (χ4v) is 2.44. The van der Waals surface area contributed by atoms with Gasteiger partial charge in [0.05, 0.1) is 5.56 Å². The van der Waals surface area contributed by atoms with Crippen LogP contribution in [-0.4, -0.2) is 21.1 Å². The summed E-state index contributed by atoms with van der Waals surface area (Å²) in [6.45, 7) is 3.91. The molecule has 0 saturated carbocycles. The maximum absolute atomic E-state index is 12.4. The van der Waals surface area contributed by atoms with Crippen molar-refractivity contribution in [2.45, 2.75) is 19.9 Å². The Morgan fingerprint density at radius 3 is 2.96 bits per heavy atom. The normalized spacial score (nSPS) is 12.4. The topological polar surface area (TPSA) is 95.1 Å². The Labute approximate surface area is 206 Å². The first-order chi connectivity index (χ1) is 13.1. The van der Waals surface area contributed by atoms with Crippen LogP contribution in [0.4, 0.5) is 5.69 Å². The van der Waals surface area contributed by atoms with E-state index in [2.05, 4.69) is 37.0 Å². The summed E-state index contributed by atoms with van der Waals surface area (Å²) in [6.07, 6.45) is 9.38. The number of pyridine rings is 1. The molecule has 7 nitrogen and oxygen atoms in total. The molecule has 0 aliphatic heterocycles. The van der Waals surface area contributed by atoms with Crippen molar-refractivity contribution < 1.29 is 56.2 Å². The van der Waals surface area contributed by atoms with Gasteiger partial charge in [-0.05, 0) is 48.7 Å². The molecule has 2 aromatic heterocycles. The van der Waals surface area contributed by atoms with Crippen molar-refractivity contribution in [3.05, 3.63) is 89.6 Å². The number of nitrogens with zero attached hydrogens (tertiary/aromatic N) is 3. The summed E-state index contributed by atoms with van der Waals surface area (Å²) in [6, 6.07) is 11.2. The molecule has 0 aliphatic rings. The summed E-state index contributed by atoms with van der Waals surface area (Å²) in [7, 11) is 0. The number of hydrogen-bond donors (Lipinski definition) is 3. The average Bonchev–Trinajstić information content (AvgIpc) is 3.19. The molecule has 3 rings (SSSR count). The van der Waals surface area contributed by atoms with Crippen molar-refractivity contribution in [3.8, 4) is 0 Å². The molecule has 1 amide bonds. The summed E-state index contributed by atoms with van der Waals surface area (Å²) >= 11 is 0. The minimum Gasteiger partial charge on any atom is -0.560 e. The van der Waals surface area contributed by atoms with Crippen LogP contribution in [0, 0.1) is 13.1 Å². The number of amides is 1. The molecular formula is C20H20KN6O-. The molecule has 0 bridgehead atoms. The Morgan fingerprint density at radius 1 is 1.36 bits per heavy atom. The van der Waals surface area contributed by atoms with Gasteiger partial charge in [-0.15, -0.1) is 12.4 Å². The first-order valence-electron chi connectivity index (χ1n) is 8.48. The number of nitrogens with one attached hydrogen (secondary N) is 3. The summed E-state index contributed by atoms with van der Waals surface area (Å²) in [5.74, 6) is -0.186. The quantitative estimate of drug-likeness (QED) is 0.299. The SMILES string of the molecule is Cc1cncc(C(=O)Nc2cccc(C(C)N[C-]=CN=c3[cH-]cn[nH]3)c2)c1.[K+]. The van der Waals surface area contributed by atoms with E-state index in [4.69, 9.17) is 0 Å². The fourth-order valence-electron chi connectivity index (χ4n) is 2.44. The molecule has 0 radical (unpaired) electrons. The molecule has 2 heterocycles. The summed E-state index contributed by atoms with van der Waals surface area (Å²) in [4.78, 5) is 20.6. The zero-order chi connectivity index (χ0) is 19.1. The first kappa shape index (κ1) is 22.3. The van der Waals surface area contributed by atoms with Crippen LogP contribution in [-0.2, 0) is 0 Å². The van der Waals surface area contributed by atoms with E-state index in [9.17, 15) is 4.79 Å². The molecule has 8 heteroatoms. The molecule has 28 heavy (non-hydrogen) atoms. The van der Waals surface area contributed by atoms with Crippen LogP contribution in [0.1, 0.15) is 34.5 Å². The van der Waals surface area contributed by atoms with Gasteiger partial charge in [-0.3, -0.25) is 20.9 Å². The third kappa shape index (κ3) is 6.57. The second-order valence-electron chi connectivity index (χ2n) is 6.04. The van der Waals surface area contributed by atoms with Crippen LogP contribution in [0.5, 0.6) is 0 Å². The summed E-state index contributed by atoms with van der Waals surface area (Å²) < 4.78 is 0. The second-order valence-corrected chi connectivity index (χ2v) is 6.04. The largest absolute Gasteiger partial charge is 1.00 e. The number of carbonyl (C=O) groups is 1. The number of aromatic amines is 1. The number of carbonyl (C=O) groups excluding carboxylic acids is 1. The molecule has 1 unspecified atom stereocenters. The number of rotatable bonds is 6. The van der Waals surface area contributed by atoms with E-state index in [0.29, 0.717) is 11.1 Å². The van der Waals surface area contributed by atoms with E-state index in [1.54, 1.807) is 36.9 Å². The standard InChI is InChI=1S/C20H20N6O.K/c1-14-10-17(13-21-12-14)20(27)25-18-5-3-4-16(11-18)15(2)22-8-9-23-19-6-7-24-26-19;/h3-7,9-13,15,22H,1-2H3,(H,23,26)(H,25,27);/q-2;+1. The van der Waals surface area contributed by atoms with Gasteiger partial charge in [-0.1, -0.05) is 12.1 Å². The number of aryl methyl sites for hydroxylation is 1. The van der Waals surface area contributed by atoms with Crippen molar-refractivity contribution in [3.63, 3.8) is 0 Å². The Hall–Kier alpha value is -1.97. The maximum Gasteiger partial charge on any atom is 1.00 e. The minimum absolute atomic E-state index is 0. The zero-order valence-electron chi connectivity index (χ0n) is 16.1. The smallest absolute Gasteiger partial charge is 0.560 e. The number of anilines is 1. The van der Waals surface area contributed by atoms with Gasteiger partial charge in [0.25, 0.3) is 5.91 Å². The van der Waals surface area contributed by atoms with Gasteiger partial charge in [-0.2, -0.15) is 0 Å². The van der Waals surface area contributed by atoms with Crippen LogP contribution >= 0.6 is 0 Å². The monoisotopic (exact) mass is 399 g/mol. The first-order valence-corrected chi connectivity index (χ1v) is 8.48. The van der Waals surface area contributed by atoms with Gasteiger partial charge in [0.2, 0.25) is 0 Å². The molecule has 1 atom stereocenters. The third-order valence-electron chi connectivity index (χ3n) is 3.84. The van der Waals surface area contributed by atoms with Crippen LogP contribution < -0.4 is 67.5 Å². The van der Waals surface area contributed by atoms with E-state index in [0.717, 1.165) is 16.8 Å². The zero-order valence-corrected chi connectivity index (χ0v) is 19.2. The van der Waals surface area contributed by atoms with Crippen molar-refractivity contribution in [1.82, 2.24) is 20.5 Å². The van der Waals surface area contributed by atoms with Crippen molar-refractivity contribution in [2.75, 3.05) is 5.32 Å². The van der Waals surface area contributed by atoms with Crippen molar-refractivity contribution in [1.29, 1.82) is 0 Å². The van der Waals surface area contributed by atoms with Crippen LogP contribution in [0.2, 0.25) is 0 Å². The average molecular weight is 400 g/mol. The number of H-pyrrole nitrogens is 1. The van der Waals surface area contributed by atoms with Gasteiger partial charge >= 0.3 is 51.4 Å². The van der Waals surface area contributed by atoms with Gasteiger partial charge in [0.15, 0.2) is 0 Å². The molecule has 138 valence electrons. The predicted octanol–water partition coefficient (Wildman–Crippen LogP) is -0.386. The minimum atomic E-state index is -0.186. The fraction of sp³-hybridized carbons (Fsp3) is 0.150. The predicted molar refractivity (Wildman–Crippen MR) is 102 cm³/mol. The molecular weight excluding hydrogens is 379 g/mol. The molecule has 3 aromatic rings. The number of benzene rings is 1. The van der Waals surface area contributed by atoms with Gasteiger partial charge in [0, 0.05) is 24.1 Å². The van der Waals surface area contributed by atoms with Crippen LogP contribution in [0.15, 0.2) is 66.2 Å². The summed E-state index contributed by atoms with van der Waals surface area (Å²) in [5.41, 5.74) is 3.86. The van der Waals surface area contributed by atoms with E-state index in [1.165, 1.54) is 0 Å². The van der Waals surface area contributed by atoms with Crippen LogP contribution in [0.3, 0.4) is 0 Å². The Morgan fingerprint density at radius 2 is 2.21 bits per heavy atom. The van der Waals surface area contributed by atoms with E-state index < -0.39 is 0 Å². The third-order valence-corrected chi connectivity index (χ3v) is 3.84. The van der Waals surface area contributed by atoms with Crippen molar-refractivity contribution in [2.24, 2.45) is 4.99 Å². The Balaban J connectivity index is 0.00000280. The number of hydrogen-bond acceptors (Lipinski definition) is 5. The molecule has 0 spiro atoms. The molecule has 0 aliphatic carbocycles. The van der Waals surface area contributed by atoms with E-state index >= 15 is 0 Å². The Kier molecular flexibility index (Phi) is 8.87. The van der Waals surface area contributed by atoms with E-state index in [-0.39, 0.29) is 63.3 Å². The van der Waals surface area contributed by atoms with Crippen molar-refractivity contribution >= 4 is 11.6 Å². The van der Waals surface area contributed by atoms with Gasteiger partial charge in [-0.25, -0.2) is 5.10 Å². The number of aromatic nitrogens is 3. The van der Waals surface area contributed by atoms with Crippen LogP contribution in [0.25, 0.3) is 0 Å².